The van der Waals surface area contributed by atoms with Gasteiger partial charge in [0.15, 0.2) is 5.84 Å². The number of nitrogens with zero attached hydrogens (tertiary/aromatic N) is 3. The third-order valence-electron chi connectivity index (χ3n) is 10.9. The van der Waals surface area contributed by atoms with Gasteiger partial charge in [-0.15, -0.1) is 0 Å². The van der Waals surface area contributed by atoms with Crippen molar-refractivity contribution in [3.8, 4) is 27.9 Å². The molecule has 0 bridgehead atoms. The van der Waals surface area contributed by atoms with E-state index in [9.17, 15) is 0 Å². The number of nitrogens with one attached hydrogen (secondary N) is 1. The highest BCUT2D eigenvalue weighted by atomic mass is 16.3. The topological polar surface area (TPSA) is 54.8 Å². The molecule has 10 aromatic rings. The van der Waals surface area contributed by atoms with Crippen LogP contribution in [0.25, 0.3) is 71.7 Å². The van der Waals surface area contributed by atoms with E-state index >= 15 is 0 Å². The Morgan fingerprint density at radius 3 is 2.00 bits per heavy atom. The molecule has 3 heterocycles. The molecule has 5 heteroatoms. The molecule has 11 rings (SSSR count). The van der Waals surface area contributed by atoms with Crippen molar-refractivity contribution < 1.29 is 4.42 Å². The van der Waals surface area contributed by atoms with Crippen LogP contribution in [0.15, 0.2) is 209 Å². The molecule has 0 radical (unpaired) electrons. The number of hydrogen-bond donors (Lipinski definition) is 1. The van der Waals surface area contributed by atoms with Crippen molar-refractivity contribution >= 4 is 55.4 Å². The molecule has 1 aliphatic rings. The van der Waals surface area contributed by atoms with Gasteiger partial charge in [-0.3, -0.25) is 0 Å². The molecule has 1 aliphatic heterocycles. The Bertz CT molecular complexity index is 3160. The minimum atomic E-state index is -0.265. The highest BCUT2D eigenvalue weighted by Gasteiger charge is 2.22. The van der Waals surface area contributed by atoms with Crippen molar-refractivity contribution in [2.24, 2.45) is 9.98 Å². The summed E-state index contributed by atoms with van der Waals surface area (Å²) in [6.07, 6.45) is -0.265. The van der Waals surface area contributed by atoms with E-state index in [4.69, 9.17) is 14.4 Å². The van der Waals surface area contributed by atoms with Crippen molar-refractivity contribution in [3.63, 3.8) is 0 Å². The zero-order valence-electron chi connectivity index (χ0n) is 30.3. The second-order valence-corrected chi connectivity index (χ2v) is 14.2. The number of rotatable bonds is 6. The SMILES string of the molecule is c1ccc(C2=NC(c3ccccc3)NC(c3cccc(-c4cccc5oc6cc(-n7c8ccccc8c8cc(-c9ccccc9)ccc87)ccc6c45)c3)=N2)cc1. The van der Waals surface area contributed by atoms with Crippen LogP contribution in [0.5, 0.6) is 0 Å². The summed E-state index contributed by atoms with van der Waals surface area (Å²) in [7, 11) is 0. The maximum absolute atomic E-state index is 6.66. The molecule has 0 saturated heterocycles. The molecule has 1 unspecified atom stereocenters. The smallest absolute Gasteiger partial charge is 0.159 e. The molecular weight excluding hydrogens is 685 g/mol. The van der Waals surface area contributed by atoms with Crippen LogP contribution in [-0.2, 0) is 0 Å². The van der Waals surface area contributed by atoms with Gasteiger partial charge in [-0.25, -0.2) is 9.98 Å². The second-order valence-electron chi connectivity index (χ2n) is 14.2. The van der Waals surface area contributed by atoms with Gasteiger partial charge in [0.2, 0.25) is 0 Å². The Balaban J connectivity index is 1.01. The van der Waals surface area contributed by atoms with Crippen LogP contribution in [0.1, 0.15) is 22.9 Å². The number of aromatic nitrogens is 1. The molecule has 0 aliphatic carbocycles. The van der Waals surface area contributed by atoms with Gasteiger partial charge in [0.1, 0.15) is 23.2 Å². The van der Waals surface area contributed by atoms with Gasteiger partial charge in [0.25, 0.3) is 0 Å². The van der Waals surface area contributed by atoms with E-state index in [0.29, 0.717) is 5.84 Å². The van der Waals surface area contributed by atoms with Gasteiger partial charge in [-0.1, -0.05) is 146 Å². The summed E-state index contributed by atoms with van der Waals surface area (Å²) >= 11 is 0. The number of para-hydroxylation sites is 1. The second kappa shape index (κ2) is 13.1. The van der Waals surface area contributed by atoms with Gasteiger partial charge in [0, 0.05) is 44.4 Å². The lowest BCUT2D eigenvalue weighted by Crippen LogP contribution is -2.33. The number of aliphatic imine (C=N–C) groups is 2. The number of amidine groups is 2. The summed E-state index contributed by atoms with van der Waals surface area (Å²) in [5, 5.41) is 8.24. The fourth-order valence-electron chi connectivity index (χ4n) is 8.21. The molecule has 56 heavy (non-hydrogen) atoms. The first-order chi connectivity index (χ1) is 27.7. The molecule has 264 valence electrons. The highest BCUT2D eigenvalue weighted by molar-refractivity contribution is 6.16. The summed E-state index contributed by atoms with van der Waals surface area (Å²) < 4.78 is 9.01. The van der Waals surface area contributed by atoms with Crippen molar-refractivity contribution in [1.82, 2.24) is 9.88 Å². The molecule has 0 fully saturated rings. The molecule has 1 N–H and O–H groups in total. The zero-order chi connectivity index (χ0) is 37.0. The molecule has 8 aromatic carbocycles. The van der Waals surface area contributed by atoms with Crippen LogP contribution in [0.4, 0.5) is 0 Å². The van der Waals surface area contributed by atoms with E-state index < -0.39 is 0 Å². The standard InChI is InChI=1S/C51H34N4O/c1-4-14-33(15-5-1)36-26-29-45-43(31-36)41-22-10-11-24-44(41)55(45)39-27-28-42-47(32-39)56-46-25-13-23-40(48(42)46)37-20-12-21-38(30-37)51-53-49(34-16-6-2-7-17-34)52-50(54-51)35-18-8-3-9-19-35/h1-32,49H,(H,52,53,54). The molecular formula is C51H34N4O. The quantitative estimate of drug-likeness (QED) is 0.186. The molecule has 0 spiro atoms. The highest BCUT2D eigenvalue weighted by Crippen LogP contribution is 2.40. The Hall–Kier alpha value is -7.50. The number of hydrogen-bond acceptors (Lipinski definition) is 4. The predicted molar refractivity (Wildman–Crippen MR) is 231 cm³/mol. The number of fused-ring (bicyclic) bond motifs is 6. The average Bonchev–Trinajstić information content (AvgIpc) is 3.82. The Labute approximate surface area is 323 Å². The summed E-state index contributed by atoms with van der Waals surface area (Å²) in [5.41, 5.74) is 12.7. The van der Waals surface area contributed by atoms with Crippen LogP contribution in [0, 0.1) is 0 Å². The molecule has 0 saturated carbocycles. The fourth-order valence-corrected chi connectivity index (χ4v) is 8.21. The fraction of sp³-hybridized carbons (Fsp3) is 0.0196. The van der Waals surface area contributed by atoms with Crippen LogP contribution >= 0.6 is 0 Å². The van der Waals surface area contributed by atoms with E-state index in [1.165, 1.54) is 21.9 Å². The summed E-state index contributed by atoms with van der Waals surface area (Å²) in [5.74, 6) is 1.49. The lowest BCUT2D eigenvalue weighted by Gasteiger charge is -2.24. The predicted octanol–water partition coefficient (Wildman–Crippen LogP) is 12.5. The van der Waals surface area contributed by atoms with Crippen LogP contribution in [0.2, 0.25) is 0 Å². The van der Waals surface area contributed by atoms with Crippen molar-refractivity contribution in [2.75, 3.05) is 0 Å². The lowest BCUT2D eigenvalue weighted by molar-refractivity contribution is 0.668. The van der Waals surface area contributed by atoms with E-state index in [-0.39, 0.29) is 6.17 Å². The maximum atomic E-state index is 6.66. The van der Waals surface area contributed by atoms with Gasteiger partial charge < -0.3 is 14.3 Å². The maximum Gasteiger partial charge on any atom is 0.159 e. The molecule has 2 aromatic heterocycles. The summed E-state index contributed by atoms with van der Waals surface area (Å²) in [6, 6.07) is 68.0. The summed E-state index contributed by atoms with van der Waals surface area (Å²) in [4.78, 5) is 10.1. The van der Waals surface area contributed by atoms with Gasteiger partial charge >= 0.3 is 0 Å². The van der Waals surface area contributed by atoms with E-state index in [1.807, 2.05) is 36.4 Å². The van der Waals surface area contributed by atoms with Crippen LogP contribution in [-0.4, -0.2) is 16.2 Å². The first-order valence-corrected chi connectivity index (χ1v) is 18.9. The third kappa shape index (κ3) is 5.40. The molecule has 1 atom stereocenters. The normalized spacial score (nSPS) is 14.2. The van der Waals surface area contributed by atoms with Crippen molar-refractivity contribution in [1.29, 1.82) is 0 Å². The van der Waals surface area contributed by atoms with Gasteiger partial charge in [-0.2, -0.15) is 0 Å². The van der Waals surface area contributed by atoms with Gasteiger partial charge in [-0.05, 0) is 70.3 Å². The third-order valence-corrected chi connectivity index (χ3v) is 10.9. The van der Waals surface area contributed by atoms with Gasteiger partial charge in [0.05, 0.1) is 11.0 Å². The minimum Gasteiger partial charge on any atom is -0.456 e. The van der Waals surface area contributed by atoms with Crippen molar-refractivity contribution in [2.45, 2.75) is 6.17 Å². The van der Waals surface area contributed by atoms with E-state index in [2.05, 4.69) is 168 Å². The van der Waals surface area contributed by atoms with Crippen LogP contribution in [0.3, 0.4) is 0 Å². The monoisotopic (exact) mass is 718 g/mol. The first kappa shape index (κ1) is 32.0. The first-order valence-electron chi connectivity index (χ1n) is 18.9. The zero-order valence-corrected chi connectivity index (χ0v) is 30.3. The minimum absolute atomic E-state index is 0.265. The van der Waals surface area contributed by atoms with E-state index in [1.54, 1.807) is 0 Å². The Morgan fingerprint density at radius 1 is 0.464 bits per heavy atom. The van der Waals surface area contributed by atoms with Crippen LogP contribution < -0.4 is 5.32 Å². The molecule has 0 amide bonds. The lowest BCUT2D eigenvalue weighted by atomic mass is 9.97. The van der Waals surface area contributed by atoms with Crippen molar-refractivity contribution in [3.05, 3.63) is 211 Å². The Kier molecular flexibility index (Phi) is 7.49. The largest absolute Gasteiger partial charge is 0.456 e. The summed E-state index contributed by atoms with van der Waals surface area (Å²) in [6.45, 7) is 0. The number of furan rings is 1. The Morgan fingerprint density at radius 2 is 1.16 bits per heavy atom. The van der Waals surface area contributed by atoms with E-state index in [0.717, 1.165) is 72.3 Å². The molecule has 5 nitrogen and oxygen atoms in total. The number of benzene rings is 8. The average molecular weight is 719 g/mol.